The fourth-order valence-corrected chi connectivity index (χ4v) is 2.08. The Morgan fingerprint density at radius 1 is 1.13 bits per heavy atom. The third-order valence-electron chi connectivity index (χ3n) is 3.35. The van der Waals surface area contributed by atoms with Crippen LogP contribution in [0, 0.1) is 17.2 Å². The Hall–Kier alpha value is -0.570. The maximum absolute atomic E-state index is 7.21. The molecule has 3 N–H and O–H groups in total. The van der Waals surface area contributed by atoms with Crippen molar-refractivity contribution in [3.05, 3.63) is 0 Å². The molecule has 0 aromatic heterocycles. The zero-order valence-corrected chi connectivity index (χ0v) is 9.54. The molecule has 3 heteroatoms. The van der Waals surface area contributed by atoms with Gasteiger partial charge in [-0.05, 0) is 50.5 Å². The van der Waals surface area contributed by atoms with Gasteiger partial charge in [0.15, 0.2) is 0 Å². The lowest BCUT2D eigenvalue weighted by Gasteiger charge is -2.21. The first-order valence-corrected chi connectivity index (χ1v) is 6.29. The van der Waals surface area contributed by atoms with Gasteiger partial charge in [0, 0.05) is 19.5 Å². The van der Waals surface area contributed by atoms with E-state index in [9.17, 15) is 0 Å². The zero-order chi connectivity index (χ0) is 10.7. The van der Waals surface area contributed by atoms with Crippen molar-refractivity contribution in [1.29, 1.82) is 5.41 Å². The van der Waals surface area contributed by atoms with E-state index in [4.69, 9.17) is 11.1 Å². The van der Waals surface area contributed by atoms with Crippen LogP contribution < -0.4 is 5.73 Å². The van der Waals surface area contributed by atoms with Crippen LogP contribution in [0.25, 0.3) is 0 Å². The molecule has 0 aromatic carbocycles. The van der Waals surface area contributed by atoms with Crippen molar-refractivity contribution < 1.29 is 0 Å². The average Bonchev–Trinajstić information content (AvgIpc) is 2.97. The number of hydrogen-bond acceptors (Lipinski definition) is 2. The highest BCUT2D eigenvalue weighted by Crippen LogP contribution is 2.33. The van der Waals surface area contributed by atoms with Crippen LogP contribution in [0.4, 0.5) is 0 Å². The summed E-state index contributed by atoms with van der Waals surface area (Å²) in [7, 11) is 0. The molecule has 0 aliphatic heterocycles. The highest BCUT2D eigenvalue weighted by atomic mass is 15.1. The predicted molar refractivity (Wildman–Crippen MR) is 63.0 cm³/mol. The third-order valence-corrected chi connectivity index (χ3v) is 3.35. The second-order valence-corrected chi connectivity index (χ2v) is 5.28. The van der Waals surface area contributed by atoms with E-state index in [0.29, 0.717) is 5.84 Å². The molecule has 86 valence electrons. The molecule has 3 nitrogen and oxygen atoms in total. The van der Waals surface area contributed by atoms with Crippen LogP contribution in [0.15, 0.2) is 0 Å². The fraction of sp³-hybridized carbons (Fsp3) is 0.917. The number of nitrogens with zero attached hydrogens (tertiary/aromatic N) is 1. The summed E-state index contributed by atoms with van der Waals surface area (Å²) >= 11 is 0. The van der Waals surface area contributed by atoms with Gasteiger partial charge >= 0.3 is 0 Å². The number of amidine groups is 1. The van der Waals surface area contributed by atoms with Crippen molar-refractivity contribution in [2.75, 3.05) is 19.6 Å². The summed E-state index contributed by atoms with van der Waals surface area (Å²) in [6.45, 7) is 3.75. The molecule has 0 bridgehead atoms. The molecule has 0 spiro atoms. The molecule has 0 atom stereocenters. The van der Waals surface area contributed by atoms with Gasteiger partial charge in [-0.1, -0.05) is 0 Å². The molecule has 2 rings (SSSR count). The molecule has 0 saturated heterocycles. The van der Waals surface area contributed by atoms with Crippen molar-refractivity contribution in [3.8, 4) is 0 Å². The predicted octanol–water partition coefficient (Wildman–Crippen LogP) is 1.82. The summed E-state index contributed by atoms with van der Waals surface area (Å²) in [6.07, 6.45) is 7.59. The standard InChI is InChI=1S/C12H23N3/c13-12(14)2-1-7-15(8-10-3-4-10)9-11-5-6-11/h10-11H,1-9H2,(H3,13,14). The van der Waals surface area contributed by atoms with Gasteiger partial charge in [0.05, 0.1) is 5.84 Å². The van der Waals surface area contributed by atoms with Crippen LogP contribution in [0.1, 0.15) is 38.5 Å². The molecule has 0 amide bonds. The average molecular weight is 209 g/mol. The minimum absolute atomic E-state index is 0.341. The maximum Gasteiger partial charge on any atom is 0.0905 e. The lowest BCUT2D eigenvalue weighted by molar-refractivity contribution is 0.251. The van der Waals surface area contributed by atoms with E-state index in [1.165, 1.54) is 38.8 Å². The molecule has 0 heterocycles. The molecule has 2 aliphatic carbocycles. The van der Waals surface area contributed by atoms with Crippen LogP contribution in [0.2, 0.25) is 0 Å². The minimum atomic E-state index is 0.341. The molecule has 2 fully saturated rings. The van der Waals surface area contributed by atoms with Crippen LogP contribution >= 0.6 is 0 Å². The van der Waals surface area contributed by atoms with Gasteiger partial charge in [-0.2, -0.15) is 0 Å². The summed E-state index contributed by atoms with van der Waals surface area (Å²) in [6, 6.07) is 0. The molecular weight excluding hydrogens is 186 g/mol. The number of rotatable bonds is 8. The molecule has 0 aromatic rings. The second-order valence-electron chi connectivity index (χ2n) is 5.28. The summed E-state index contributed by atoms with van der Waals surface area (Å²) in [4.78, 5) is 2.61. The Morgan fingerprint density at radius 3 is 2.07 bits per heavy atom. The third kappa shape index (κ3) is 4.65. The molecule has 15 heavy (non-hydrogen) atoms. The Morgan fingerprint density at radius 2 is 1.67 bits per heavy atom. The van der Waals surface area contributed by atoms with Gasteiger partial charge in [-0.3, -0.25) is 5.41 Å². The molecule has 0 unspecified atom stereocenters. The van der Waals surface area contributed by atoms with E-state index in [1.807, 2.05) is 0 Å². The maximum atomic E-state index is 7.21. The Kier molecular flexibility index (Phi) is 3.62. The summed E-state index contributed by atoms with van der Waals surface area (Å²) < 4.78 is 0. The SMILES string of the molecule is N=C(N)CCCN(CC1CC1)CC1CC1. The molecule has 2 aliphatic rings. The van der Waals surface area contributed by atoms with E-state index in [2.05, 4.69) is 4.90 Å². The van der Waals surface area contributed by atoms with Crippen LogP contribution in [0.5, 0.6) is 0 Å². The minimum Gasteiger partial charge on any atom is -0.388 e. The highest BCUT2D eigenvalue weighted by Gasteiger charge is 2.28. The first-order chi connectivity index (χ1) is 7.24. The van der Waals surface area contributed by atoms with E-state index < -0.39 is 0 Å². The van der Waals surface area contributed by atoms with Crippen molar-refractivity contribution in [3.63, 3.8) is 0 Å². The first kappa shape index (κ1) is 10.9. The molecule has 2 saturated carbocycles. The van der Waals surface area contributed by atoms with Crippen molar-refractivity contribution in [2.24, 2.45) is 17.6 Å². The first-order valence-electron chi connectivity index (χ1n) is 6.29. The second kappa shape index (κ2) is 4.97. The Bertz CT molecular complexity index is 205. The molecular formula is C12H23N3. The van der Waals surface area contributed by atoms with Crippen molar-refractivity contribution >= 4 is 5.84 Å². The smallest absolute Gasteiger partial charge is 0.0905 e. The zero-order valence-electron chi connectivity index (χ0n) is 9.54. The summed E-state index contributed by atoms with van der Waals surface area (Å²) in [5, 5.41) is 7.21. The number of nitrogens with one attached hydrogen (secondary N) is 1. The fourth-order valence-electron chi connectivity index (χ4n) is 2.08. The quantitative estimate of drug-likeness (QED) is 0.473. The van der Waals surface area contributed by atoms with E-state index >= 15 is 0 Å². The van der Waals surface area contributed by atoms with Crippen LogP contribution in [-0.4, -0.2) is 30.4 Å². The number of nitrogens with two attached hydrogens (primary N) is 1. The topological polar surface area (TPSA) is 53.1 Å². The van der Waals surface area contributed by atoms with E-state index in [-0.39, 0.29) is 0 Å². The van der Waals surface area contributed by atoms with Gasteiger partial charge in [0.1, 0.15) is 0 Å². The van der Waals surface area contributed by atoms with Gasteiger partial charge in [0.2, 0.25) is 0 Å². The van der Waals surface area contributed by atoms with E-state index in [1.54, 1.807) is 0 Å². The monoisotopic (exact) mass is 209 g/mol. The number of hydrogen-bond donors (Lipinski definition) is 2. The summed E-state index contributed by atoms with van der Waals surface area (Å²) in [5.41, 5.74) is 5.37. The lowest BCUT2D eigenvalue weighted by atomic mass is 10.2. The van der Waals surface area contributed by atoms with Gasteiger partial charge in [0.25, 0.3) is 0 Å². The van der Waals surface area contributed by atoms with Crippen LogP contribution in [-0.2, 0) is 0 Å². The Labute approximate surface area is 92.5 Å². The van der Waals surface area contributed by atoms with Crippen molar-refractivity contribution in [2.45, 2.75) is 38.5 Å². The van der Waals surface area contributed by atoms with Crippen molar-refractivity contribution in [1.82, 2.24) is 4.90 Å². The normalized spacial score (nSPS) is 20.9. The van der Waals surface area contributed by atoms with Crippen LogP contribution in [0.3, 0.4) is 0 Å². The van der Waals surface area contributed by atoms with Gasteiger partial charge < -0.3 is 10.6 Å². The van der Waals surface area contributed by atoms with Gasteiger partial charge in [-0.15, -0.1) is 0 Å². The Balaban J connectivity index is 1.63. The van der Waals surface area contributed by atoms with E-state index in [0.717, 1.165) is 31.2 Å². The lowest BCUT2D eigenvalue weighted by Crippen LogP contribution is -2.30. The molecule has 0 radical (unpaired) electrons. The largest absolute Gasteiger partial charge is 0.388 e. The highest BCUT2D eigenvalue weighted by molar-refractivity contribution is 5.76. The summed E-state index contributed by atoms with van der Waals surface area (Å²) in [5.74, 6) is 2.31. The van der Waals surface area contributed by atoms with Gasteiger partial charge in [-0.25, -0.2) is 0 Å².